The standard InChI is InChI=1S/C16H16Cl2NO5P/c1-12(19-22-11-13-5-3-2-4-6-13)16(20)24-25(18,21)23-15-9-7-14(17)8-10-15/h2-10,12,19H,11H2,1H3/t12-,25?/m0/s1. The van der Waals surface area contributed by atoms with E-state index in [-0.39, 0.29) is 12.4 Å². The predicted molar refractivity (Wildman–Crippen MR) is 95.5 cm³/mol. The van der Waals surface area contributed by atoms with Gasteiger partial charge in [0.1, 0.15) is 11.8 Å². The summed E-state index contributed by atoms with van der Waals surface area (Å²) in [5, 5.41) is 0.474. The van der Waals surface area contributed by atoms with Crippen LogP contribution in [0.25, 0.3) is 0 Å². The van der Waals surface area contributed by atoms with Crippen molar-refractivity contribution in [3.05, 3.63) is 65.2 Å². The molecule has 0 spiro atoms. The van der Waals surface area contributed by atoms with Gasteiger partial charge in [0, 0.05) is 16.3 Å². The summed E-state index contributed by atoms with van der Waals surface area (Å²) in [6.45, 7) is -2.42. The van der Waals surface area contributed by atoms with Gasteiger partial charge in [-0.1, -0.05) is 41.9 Å². The fourth-order valence-corrected chi connectivity index (χ4v) is 3.05. The third-order valence-corrected chi connectivity index (χ3v) is 4.42. The predicted octanol–water partition coefficient (Wildman–Crippen LogP) is 4.72. The zero-order valence-corrected chi connectivity index (χ0v) is 15.6. The Bertz CT molecular complexity index is 742. The molecule has 0 bridgehead atoms. The molecule has 0 aliphatic carbocycles. The molecule has 0 aromatic heterocycles. The number of rotatable bonds is 8. The molecular weight excluding hydrogens is 388 g/mol. The molecule has 0 fully saturated rings. The van der Waals surface area contributed by atoms with Crippen LogP contribution < -0.4 is 10.0 Å². The summed E-state index contributed by atoms with van der Waals surface area (Å²) in [5.74, 6) is -0.711. The normalized spacial score (nSPS) is 14.4. The number of carbonyl (C=O) groups excluding carboxylic acids is 1. The fraction of sp³-hybridized carbons (Fsp3) is 0.188. The molecule has 134 valence electrons. The first kappa shape index (κ1) is 19.8. The lowest BCUT2D eigenvalue weighted by molar-refractivity contribution is -0.141. The van der Waals surface area contributed by atoms with Crippen molar-refractivity contribution in [1.29, 1.82) is 0 Å². The number of benzene rings is 2. The summed E-state index contributed by atoms with van der Waals surface area (Å²) in [6, 6.07) is 14.4. The van der Waals surface area contributed by atoms with Gasteiger partial charge in [0.05, 0.1) is 6.61 Å². The first-order chi connectivity index (χ1) is 11.9. The van der Waals surface area contributed by atoms with Crippen LogP contribution in [0.15, 0.2) is 54.6 Å². The maximum Gasteiger partial charge on any atom is 0.532 e. The van der Waals surface area contributed by atoms with Gasteiger partial charge in [-0.2, -0.15) is 5.48 Å². The van der Waals surface area contributed by atoms with Crippen molar-refractivity contribution in [2.75, 3.05) is 0 Å². The van der Waals surface area contributed by atoms with Crippen LogP contribution in [0, 0.1) is 0 Å². The first-order valence-corrected chi connectivity index (χ1v) is 10.1. The lowest BCUT2D eigenvalue weighted by Crippen LogP contribution is -2.34. The highest BCUT2D eigenvalue weighted by Crippen LogP contribution is 2.53. The van der Waals surface area contributed by atoms with Crippen LogP contribution in [0.5, 0.6) is 5.75 Å². The van der Waals surface area contributed by atoms with Crippen LogP contribution in [0.3, 0.4) is 0 Å². The molecule has 2 rings (SSSR count). The molecule has 2 atom stereocenters. The zero-order chi connectivity index (χ0) is 18.3. The van der Waals surface area contributed by atoms with Gasteiger partial charge in [-0.05, 0) is 36.8 Å². The van der Waals surface area contributed by atoms with E-state index in [0.717, 1.165) is 5.56 Å². The van der Waals surface area contributed by atoms with Gasteiger partial charge < -0.3 is 9.05 Å². The van der Waals surface area contributed by atoms with Crippen molar-refractivity contribution in [2.45, 2.75) is 19.6 Å². The van der Waals surface area contributed by atoms with Crippen molar-refractivity contribution in [3.8, 4) is 5.75 Å². The topological polar surface area (TPSA) is 73.9 Å². The Morgan fingerprint density at radius 1 is 1.16 bits per heavy atom. The average molecular weight is 404 g/mol. The van der Waals surface area contributed by atoms with Crippen LogP contribution in [-0.4, -0.2) is 12.0 Å². The van der Waals surface area contributed by atoms with Crippen LogP contribution in [-0.2, 0) is 25.3 Å². The first-order valence-electron chi connectivity index (χ1n) is 7.25. The van der Waals surface area contributed by atoms with Gasteiger partial charge in [-0.15, -0.1) is 0 Å². The molecule has 0 saturated carbocycles. The van der Waals surface area contributed by atoms with Crippen molar-refractivity contribution in [1.82, 2.24) is 5.48 Å². The summed E-state index contributed by atoms with van der Waals surface area (Å²) < 4.78 is 21.8. The van der Waals surface area contributed by atoms with Gasteiger partial charge in [0.25, 0.3) is 0 Å². The van der Waals surface area contributed by atoms with Gasteiger partial charge in [0.2, 0.25) is 0 Å². The van der Waals surface area contributed by atoms with E-state index in [1.54, 1.807) is 0 Å². The summed E-state index contributed by atoms with van der Waals surface area (Å²) in [4.78, 5) is 17.1. The highest BCUT2D eigenvalue weighted by molar-refractivity contribution is 7.82. The third-order valence-electron chi connectivity index (χ3n) is 2.92. The van der Waals surface area contributed by atoms with Crippen LogP contribution in [0.1, 0.15) is 12.5 Å². The molecule has 1 N–H and O–H groups in total. The Hall–Kier alpha value is -1.56. The number of nitrogens with one attached hydrogen (secondary N) is 1. The van der Waals surface area contributed by atoms with Crippen LogP contribution >= 0.6 is 29.8 Å². The second-order valence-electron chi connectivity index (χ2n) is 5.00. The smallest absolute Gasteiger partial charge is 0.405 e. The minimum Gasteiger partial charge on any atom is -0.405 e. The minimum absolute atomic E-state index is 0.163. The molecule has 25 heavy (non-hydrogen) atoms. The number of hydrogen-bond acceptors (Lipinski definition) is 6. The van der Waals surface area contributed by atoms with E-state index in [4.69, 9.17) is 36.7 Å². The van der Waals surface area contributed by atoms with E-state index in [9.17, 15) is 9.36 Å². The summed E-state index contributed by atoms with van der Waals surface area (Å²) in [7, 11) is 0. The molecule has 2 aromatic carbocycles. The lowest BCUT2D eigenvalue weighted by atomic mass is 10.2. The van der Waals surface area contributed by atoms with E-state index in [2.05, 4.69) is 5.48 Å². The van der Waals surface area contributed by atoms with Gasteiger partial charge in [0.15, 0.2) is 0 Å². The Balaban J connectivity index is 1.80. The Morgan fingerprint density at radius 3 is 2.44 bits per heavy atom. The highest BCUT2D eigenvalue weighted by Gasteiger charge is 2.30. The fourth-order valence-electron chi connectivity index (χ4n) is 1.70. The molecule has 0 saturated heterocycles. The monoisotopic (exact) mass is 403 g/mol. The van der Waals surface area contributed by atoms with E-state index in [1.165, 1.54) is 31.2 Å². The van der Waals surface area contributed by atoms with Crippen molar-refractivity contribution in [2.24, 2.45) is 0 Å². The van der Waals surface area contributed by atoms with Gasteiger partial charge in [-0.3, -0.25) is 4.84 Å². The van der Waals surface area contributed by atoms with E-state index >= 15 is 0 Å². The number of carbonyl (C=O) groups is 1. The largest absolute Gasteiger partial charge is 0.532 e. The molecule has 0 aliphatic heterocycles. The van der Waals surface area contributed by atoms with E-state index in [0.29, 0.717) is 5.02 Å². The third kappa shape index (κ3) is 7.06. The lowest BCUT2D eigenvalue weighted by Gasteiger charge is -2.16. The van der Waals surface area contributed by atoms with Gasteiger partial charge >= 0.3 is 12.9 Å². The summed E-state index contributed by atoms with van der Waals surface area (Å²) >= 11 is 11.4. The summed E-state index contributed by atoms with van der Waals surface area (Å²) in [6.07, 6.45) is 0. The van der Waals surface area contributed by atoms with E-state index in [1.807, 2.05) is 30.3 Å². The molecule has 0 radical (unpaired) electrons. The number of halogens is 2. The Kier molecular flexibility index (Phi) is 7.29. The van der Waals surface area contributed by atoms with Crippen molar-refractivity contribution < 1.29 is 23.2 Å². The van der Waals surface area contributed by atoms with Crippen molar-refractivity contribution >= 4 is 35.8 Å². The highest BCUT2D eigenvalue weighted by atomic mass is 35.7. The quantitative estimate of drug-likeness (QED) is 0.507. The summed E-state index contributed by atoms with van der Waals surface area (Å²) in [5.41, 5.74) is 3.42. The second kappa shape index (κ2) is 9.22. The van der Waals surface area contributed by atoms with Gasteiger partial charge in [-0.25, -0.2) is 9.36 Å². The Morgan fingerprint density at radius 2 is 1.80 bits per heavy atom. The molecule has 1 unspecified atom stereocenters. The maximum atomic E-state index is 12.1. The zero-order valence-electron chi connectivity index (χ0n) is 13.2. The minimum atomic E-state index is -4.15. The number of hydroxylamine groups is 1. The molecular formula is C16H16Cl2NO5P. The van der Waals surface area contributed by atoms with Crippen molar-refractivity contribution in [3.63, 3.8) is 0 Å². The molecule has 0 amide bonds. The molecule has 2 aromatic rings. The molecule has 0 aliphatic rings. The van der Waals surface area contributed by atoms with Crippen LogP contribution in [0.2, 0.25) is 5.02 Å². The molecule has 0 heterocycles. The average Bonchev–Trinajstić information content (AvgIpc) is 2.57. The molecule has 9 heteroatoms. The molecule has 6 nitrogen and oxygen atoms in total. The van der Waals surface area contributed by atoms with Crippen LogP contribution in [0.4, 0.5) is 0 Å². The second-order valence-corrected chi connectivity index (χ2v) is 7.90. The maximum absolute atomic E-state index is 12.1. The Labute approximate surface area is 155 Å². The number of hydrogen-bond donors (Lipinski definition) is 1. The van der Waals surface area contributed by atoms with E-state index < -0.39 is 19.0 Å². The SMILES string of the molecule is C[C@H](NOCc1ccccc1)C(=O)OP(=O)(Cl)Oc1ccc(Cl)cc1.